The number of rotatable bonds is 10. The zero-order valence-corrected chi connectivity index (χ0v) is 22.5. The highest BCUT2D eigenvalue weighted by atomic mass is 16.5. The second-order valence-corrected chi connectivity index (χ2v) is 8.41. The molecule has 0 unspecified atom stereocenters. The van der Waals surface area contributed by atoms with Gasteiger partial charge in [-0.05, 0) is 57.6 Å². The van der Waals surface area contributed by atoms with E-state index in [0.717, 1.165) is 33.4 Å². The van der Waals surface area contributed by atoms with E-state index in [0.29, 0.717) is 34.5 Å². The van der Waals surface area contributed by atoms with Gasteiger partial charge in [-0.2, -0.15) is 0 Å². The fourth-order valence-electron chi connectivity index (χ4n) is 4.28. The minimum absolute atomic E-state index is 0.577. The van der Waals surface area contributed by atoms with Crippen molar-refractivity contribution >= 4 is 12.2 Å². The Kier molecular flexibility index (Phi) is 8.44. The lowest BCUT2D eigenvalue weighted by atomic mass is 9.99. The van der Waals surface area contributed by atoms with E-state index >= 15 is 0 Å². The van der Waals surface area contributed by atoms with E-state index in [-0.39, 0.29) is 0 Å². The normalized spacial score (nSPS) is 10.8. The summed E-state index contributed by atoms with van der Waals surface area (Å²) in [5.41, 5.74) is 6.33. The van der Waals surface area contributed by atoms with Crippen LogP contribution < -0.4 is 28.4 Å². The number of hydrogen-bond donors (Lipinski definition) is 0. The second kappa shape index (κ2) is 12.1. The minimum Gasteiger partial charge on any atom is -0.493 e. The first-order chi connectivity index (χ1) is 18.5. The van der Waals surface area contributed by atoms with Gasteiger partial charge >= 0.3 is 0 Å². The van der Waals surface area contributed by atoms with Gasteiger partial charge in [-0.15, -0.1) is 0 Å². The smallest absolute Gasteiger partial charge is 0.203 e. The summed E-state index contributed by atoms with van der Waals surface area (Å²) in [6, 6.07) is 24.6. The van der Waals surface area contributed by atoms with Crippen LogP contribution in [0.25, 0.3) is 34.4 Å². The van der Waals surface area contributed by atoms with Crippen LogP contribution in [0, 0.1) is 0 Å². The minimum atomic E-state index is 0.577. The Bertz CT molecular complexity index is 1360. The molecule has 6 heteroatoms. The molecule has 38 heavy (non-hydrogen) atoms. The van der Waals surface area contributed by atoms with E-state index in [4.69, 9.17) is 28.4 Å². The Balaban J connectivity index is 1.53. The average Bonchev–Trinajstić information content (AvgIpc) is 2.98. The van der Waals surface area contributed by atoms with Gasteiger partial charge in [0.05, 0.1) is 42.7 Å². The van der Waals surface area contributed by atoms with E-state index in [1.165, 1.54) is 0 Å². The SMILES string of the molecule is COc1cc(/C=C\c2ccc(-c3ccc(-c4cc(OC)c(OC)c(OC)c4)cc3)cc2)cc(OC)c1OC. The van der Waals surface area contributed by atoms with E-state index in [1.807, 2.05) is 30.3 Å². The first-order valence-electron chi connectivity index (χ1n) is 12.0. The quantitative estimate of drug-likeness (QED) is 0.209. The molecule has 0 fully saturated rings. The molecule has 0 spiro atoms. The van der Waals surface area contributed by atoms with Crippen LogP contribution in [0.1, 0.15) is 11.1 Å². The molecule has 0 aliphatic rings. The maximum atomic E-state index is 5.50. The molecule has 0 heterocycles. The van der Waals surface area contributed by atoms with Crippen LogP contribution in [-0.4, -0.2) is 42.7 Å². The first kappa shape index (κ1) is 26.5. The third-order valence-electron chi connectivity index (χ3n) is 6.28. The summed E-state index contributed by atoms with van der Waals surface area (Å²) in [4.78, 5) is 0. The molecule has 0 aliphatic carbocycles. The van der Waals surface area contributed by atoms with Gasteiger partial charge in [0.1, 0.15) is 0 Å². The summed E-state index contributed by atoms with van der Waals surface area (Å²) >= 11 is 0. The molecule has 4 rings (SSSR count). The highest BCUT2D eigenvalue weighted by Gasteiger charge is 2.14. The van der Waals surface area contributed by atoms with Gasteiger partial charge in [0.15, 0.2) is 23.0 Å². The average molecular weight is 513 g/mol. The fourth-order valence-corrected chi connectivity index (χ4v) is 4.28. The van der Waals surface area contributed by atoms with Gasteiger partial charge in [0.25, 0.3) is 0 Å². The molecular weight excluding hydrogens is 480 g/mol. The molecule has 0 aliphatic heterocycles. The van der Waals surface area contributed by atoms with Gasteiger partial charge in [-0.25, -0.2) is 0 Å². The van der Waals surface area contributed by atoms with Crippen molar-refractivity contribution in [2.24, 2.45) is 0 Å². The van der Waals surface area contributed by atoms with Crippen LogP contribution in [0.5, 0.6) is 34.5 Å². The number of methoxy groups -OCH3 is 6. The van der Waals surface area contributed by atoms with Crippen LogP contribution in [0.4, 0.5) is 0 Å². The van der Waals surface area contributed by atoms with Crippen molar-refractivity contribution in [2.75, 3.05) is 42.7 Å². The Labute approximate surface area is 224 Å². The van der Waals surface area contributed by atoms with Crippen LogP contribution in [0.2, 0.25) is 0 Å². The van der Waals surface area contributed by atoms with Crippen LogP contribution in [0.3, 0.4) is 0 Å². The predicted octanol–water partition coefficient (Wildman–Crippen LogP) is 7.24. The summed E-state index contributed by atoms with van der Waals surface area (Å²) in [7, 11) is 9.66. The van der Waals surface area contributed by atoms with Crippen molar-refractivity contribution in [3.8, 4) is 56.8 Å². The van der Waals surface area contributed by atoms with Crippen molar-refractivity contribution in [1.82, 2.24) is 0 Å². The van der Waals surface area contributed by atoms with Crippen molar-refractivity contribution in [3.05, 3.63) is 83.9 Å². The summed E-state index contributed by atoms with van der Waals surface area (Å²) in [5.74, 6) is 3.65. The lowest BCUT2D eigenvalue weighted by Crippen LogP contribution is -1.95. The van der Waals surface area contributed by atoms with Crippen LogP contribution >= 0.6 is 0 Å². The van der Waals surface area contributed by atoms with E-state index < -0.39 is 0 Å². The fraction of sp³-hybridized carbons (Fsp3) is 0.188. The number of ether oxygens (including phenoxy) is 6. The molecule has 0 N–H and O–H groups in total. The molecule has 4 aromatic rings. The number of benzene rings is 4. The van der Waals surface area contributed by atoms with Crippen molar-refractivity contribution < 1.29 is 28.4 Å². The van der Waals surface area contributed by atoms with Crippen LogP contribution in [-0.2, 0) is 0 Å². The molecule has 0 saturated carbocycles. The van der Waals surface area contributed by atoms with Gasteiger partial charge in [-0.1, -0.05) is 60.7 Å². The molecule has 0 bridgehead atoms. The predicted molar refractivity (Wildman–Crippen MR) is 152 cm³/mol. The molecule has 0 amide bonds. The van der Waals surface area contributed by atoms with Crippen molar-refractivity contribution in [2.45, 2.75) is 0 Å². The Morgan fingerprint density at radius 3 is 1.11 bits per heavy atom. The molecule has 0 aromatic heterocycles. The molecular formula is C32H32O6. The summed E-state index contributed by atoms with van der Waals surface area (Å²) in [5, 5.41) is 0. The van der Waals surface area contributed by atoms with Gasteiger partial charge in [-0.3, -0.25) is 0 Å². The van der Waals surface area contributed by atoms with E-state index in [9.17, 15) is 0 Å². The van der Waals surface area contributed by atoms with Gasteiger partial charge in [0, 0.05) is 0 Å². The topological polar surface area (TPSA) is 55.4 Å². The lowest BCUT2D eigenvalue weighted by Gasteiger charge is -2.14. The second-order valence-electron chi connectivity index (χ2n) is 8.41. The highest BCUT2D eigenvalue weighted by molar-refractivity contribution is 5.76. The van der Waals surface area contributed by atoms with E-state index in [2.05, 4.69) is 54.6 Å². The van der Waals surface area contributed by atoms with Crippen molar-refractivity contribution in [1.29, 1.82) is 0 Å². The summed E-state index contributed by atoms with van der Waals surface area (Å²) < 4.78 is 32.7. The zero-order valence-electron chi connectivity index (χ0n) is 22.5. The largest absolute Gasteiger partial charge is 0.493 e. The maximum Gasteiger partial charge on any atom is 0.203 e. The lowest BCUT2D eigenvalue weighted by molar-refractivity contribution is 0.324. The maximum absolute atomic E-state index is 5.50. The molecule has 0 saturated heterocycles. The molecule has 0 radical (unpaired) electrons. The molecule has 0 atom stereocenters. The Morgan fingerprint density at radius 2 is 0.711 bits per heavy atom. The van der Waals surface area contributed by atoms with Crippen LogP contribution in [0.15, 0.2) is 72.8 Å². The highest BCUT2D eigenvalue weighted by Crippen LogP contribution is 2.41. The Morgan fingerprint density at radius 1 is 0.368 bits per heavy atom. The zero-order chi connectivity index (χ0) is 27.1. The first-order valence-corrected chi connectivity index (χ1v) is 12.0. The van der Waals surface area contributed by atoms with Gasteiger partial charge in [0.2, 0.25) is 11.5 Å². The molecule has 6 nitrogen and oxygen atoms in total. The Hall–Kier alpha value is -4.58. The standard InChI is InChI=1S/C32H32O6/c1-33-27-17-22(18-28(34-2)31(27)37-5)8-7-21-9-11-23(12-10-21)24-13-15-25(16-14-24)26-19-29(35-3)32(38-6)30(20-26)36-4/h7-20H,1-6H3/b8-7-. The van der Waals surface area contributed by atoms with Crippen molar-refractivity contribution in [3.63, 3.8) is 0 Å². The molecule has 196 valence electrons. The number of hydrogen-bond acceptors (Lipinski definition) is 6. The summed E-state index contributed by atoms with van der Waals surface area (Å²) in [6.45, 7) is 0. The van der Waals surface area contributed by atoms with Gasteiger partial charge < -0.3 is 28.4 Å². The van der Waals surface area contributed by atoms with E-state index in [1.54, 1.807) is 42.7 Å². The molecule has 4 aromatic carbocycles. The third-order valence-corrected chi connectivity index (χ3v) is 6.28. The monoisotopic (exact) mass is 512 g/mol. The summed E-state index contributed by atoms with van der Waals surface area (Å²) in [6.07, 6.45) is 4.07. The third kappa shape index (κ3) is 5.54.